The number of carboxylic acids is 1. The second kappa shape index (κ2) is 5.60. The Labute approximate surface area is 114 Å². The van der Waals surface area contributed by atoms with Crippen LogP contribution < -0.4 is 5.32 Å². The molecule has 1 rings (SSSR count). The van der Waals surface area contributed by atoms with Crippen LogP contribution in [0.2, 0.25) is 0 Å². The van der Waals surface area contributed by atoms with E-state index in [-0.39, 0.29) is 4.47 Å². The zero-order valence-corrected chi connectivity index (χ0v) is 11.2. The van der Waals surface area contributed by atoms with E-state index in [1.165, 1.54) is 6.07 Å². The van der Waals surface area contributed by atoms with Crippen molar-refractivity contribution >= 4 is 27.8 Å². The van der Waals surface area contributed by atoms with Gasteiger partial charge in [0, 0.05) is 4.47 Å². The van der Waals surface area contributed by atoms with Gasteiger partial charge in [-0.1, -0.05) is 15.9 Å². The van der Waals surface area contributed by atoms with Gasteiger partial charge in [0.2, 0.25) is 0 Å². The molecule has 1 amide bonds. The highest BCUT2D eigenvalue weighted by Crippen LogP contribution is 2.33. The van der Waals surface area contributed by atoms with E-state index >= 15 is 0 Å². The molecule has 0 saturated heterocycles. The van der Waals surface area contributed by atoms with Gasteiger partial charge in [-0.15, -0.1) is 0 Å². The molecule has 8 heteroatoms. The van der Waals surface area contributed by atoms with E-state index in [1.54, 1.807) is 0 Å². The van der Waals surface area contributed by atoms with Crippen LogP contribution in [0.25, 0.3) is 0 Å². The maximum absolute atomic E-state index is 12.8. The molecule has 0 bridgehead atoms. The van der Waals surface area contributed by atoms with Gasteiger partial charge in [-0.25, -0.2) is 0 Å². The maximum Gasteiger partial charge on any atom is 0.417 e. The third-order valence-corrected chi connectivity index (χ3v) is 2.74. The molecule has 0 aromatic heterocycles. The number of hydrogen-bond acceptors (Lipinski definition) is 2. The smallest absolute Gasteiger partial charge is 0.417 e. The summed E-state index contributed by atoms with van der Waals surface area (Å²) in [4.78, 5) is 22.2. The number of benzene rings is 1. The van der Waals surface area contributed by atoms with Gasteiger partial charge in [0.05, 0.1) is 11.1 Å². The molecule has 2 N–H and O–H groups in total. The van der Waals surface area contributed by atoms with E-state index in [1.807, 2.05) is 5.32 Å². The highest BCUT2D eigenvalue weighted by Gasteiger charge is 2.35. The van der Waals surface area contributed by atoms with E-state index in [9.17, 15) is 22.8 Å². The molecule has 0 heterocycles. The molecule has 0 aliphatic carbocycles. The Morgan fingerprint density at radius 1 is 1.37 bits per heavy atom. The molecule has 0 saturated carbocycles. The van der Waals surface area contributed by atoms with Crippen LogP contribution in [0.5, 0.6) is 0 Å². The van der Waals surface area contributed by atoms with Crippen LogP contribution in [-0.4, -0.2) is 23.0 Å². The Bertz CT molecular complexity index is 516. The Morgan fingerprint density at radius 3 is 2.42 bits per heavy atom. The lowest BCUT2D eigenvalue weighted by atomic mass is 10.1. The average molecular weight is 340 g/mol. The van der Waals surface area contributed by atoms with E-state index in [0.717, 1.165) is 19.1 Å². The maximum atomic E-state index is 12.8. The number of alkyl halides is 3. The molecule has 1 atom stereocenters. The average Bonchev–Trinajstić information content (AvgIpc) is 2.27. The van der Waals surface area contributed by atoms with Crippen LogP contribution in [0.3, 0.4) is 0 Å². The zero-order valence-electron chi connectivity index (χ0n) is 9.58. The number of carbonyl (C=O) groups excluding carboxylic acids is 1. The van der Waals surface area contributed by atoms with Crippen molar-refractivity contribution in [1.29, 1.82) is 0 Å². The van der Waals surface area contributed by atoms with Crippen LogP contribution in [0.1, 0.15) is 22.8 Å². The second-order valence-corrected chi connectivity index (χ2v) is 4.64. The summed E-state index contributed by atoms with van der Waals surface area (Å²) in [7, 11) is 0. The number of aliphatic carboxylic acids is 1. The topological polar surface area (TPSA) is 66.4 Å². The first-order chi connectivity index (χ1) is 8.62. The van der Waals surface area contributed by atoms with Crippen LogP contribution in [-0.2, 0) is 11.0 Å². The summed E-state index contributed by atoms with van der Waals surface area (Å²) in [6.07, 6.45) is -4.71. The van der Waals surface area contributed by atoms with Crippen molar-refractivity contribution in [3.8, 4) is 0 Å². The molecule has 0 fully saturated rings. The Morgan fingerprint density at radius 2 is 1.95 bits per heavy atom. The molecular weight excluding hydrogens is 331 g/mol. The zero-order chi connectivity index (χ0) is 14.8. The Hall–Kier alpha value is -1.57. The molecule has 1 aromatic rings. The minimum atomic E-state index is -4.71. The summed E-state index contributed by atoms with van der Waals surface area (Å²) in [6.45, 7) is 1.16. The molecule has 0 aliphatic heterocycles. The largest absolute Gasteiger partial charge is 0.480 e. The molecule has 0 radical (unpaired) electrons. The third-order valence-electron chi connectivity index (χ3n) is 2.25. The minimum absolute atomic E-state index is 0.169. The number of amides is 1. The lowest BCUT2D eigenvalue weighted by Gasteiger charge is -2.14. The number of hydrogen-bond donors (Lipinski definition) is 2. The molecule has 0 spiro atoms. The van der Waals surface area contributed by atoms with Crippen molar-refractivity contribution in [3.63, 3.8) is 0 Å². The minimum Gasteiger partial charge on any atom is -0.480 e. The fraction of sp³-hybridized carbons (Fsp3) is 0.273. The first-order valence-corrected chi connectivity index (χ1v) is 5.82. The van der Waals surface area contributed by atoms with Crippen molar-refractivity contribution in [2.75, 3.05) is 0 Å². The van der Waals surface area contributed by atoms with Gasteiger partial charge in [-0.3, -0.25) is 9.59 Å². The van der Waals surface area contributed by atoms with Gasteiger partial charge in [0.15, 0.2) is 0 Å². The van der Waals surface area contributed by atoms with Gasteiger partial charge in [-0.05, 0) is 25.1 Å². The van der Waals surface area contributed by atoms with Gasteiger partial charge < -0.3 is 10.4 Å². The van der Waals surface area contributed by atoms with Crippen molar-refractivity contribution in [3.05, 3.63) is 33.8 Å². The molecule has 104 valence electrons. The number of rotatable bonds is 3. The summed E-state index contributed by atoms with van der Waals surface area (Å²) >= 11 is 2.89. The Balaban J connectivity index is 3.13. The van der Waals surface area contributed by atoms with Crippen molar-refractivity contribution in [2.24, 2.45) is 0 Å². The summed E-state index contributed by atoms with van der Waals surface area (Å²) in [6, 6.07) is 1.74. The fourth-order valence-corrected chi connectivity index (χ4v) is 1.65. The SMILES string of the molecule is CC(NC(=O)c1ccc(Br)cc1C(F)(F)F)C(=O)O. The van der Waals surface area contributed by atoms with Crippen LogP contribution in [0.15, 0.2) is 22.7 Å². The number of carboxylic acid groups (broad SMARTS) is 1. The highest BCUT2D eigenvalue weighted by molar-refractivity contribution is 9.10. The van der Waals surface area contributed by atoms with Crippen molar-refractivity contribution in [1.82, 2.24) is 5.32 Å². The van der Waals surface area contributed by atoms with E-state index in [0.29, 0.717) is 0 Å². The quantitative estimate of drug-likeness (QED) is 0.889. The number of nitrogens with one attached hydrogen (secondary N) is 1. The lowest BCUT2D eigenvalue weighted by Crippen LogP contribution is -2.39. The van der Waals surface area contributed by atoms with Gasteiger partial charge in [0.25, 0.3) is 5.91 Å². The summed E-state index contributed by atoms with van der Waals surface area (Å²) in [5, 5.41) is 10.6. The predicted molar refractivity (Wildman–Crippen MR) is 63.7 cm³/mol. The van der Waals surface area contributed by atoms with E-state index < -0.39 is 35.2 Å². The standard InChI is InChI=1S/C11H9BrF3NO3/c1-5(10(18)19)16-9(17)7-3-2-6(12)4-8(7)11(13,14)15/h2-5H,1H3,(H,16,17)(H,18,19). The first-order valence-electron chi connectivity index (χ1n) is 5.03. The van der Waals surface area contributed by atoms with Crippen LogP contribution >= 0.6 is 15.9 Å². The predicted octanol–water partition coefficient (Wildman–Crippen LogP) is 2.67. The summed E-state index contributed by atoms with van der Waals surface area (Å²) in [5.74, 6) is -2.42. The summed E-state index contributed by atoms with van der Waals surface area (Å²) in [5.41, 5.74) is -1.75. The Kier molecular flexibility index (Phi) is 4.56. The molecule has 1 unspecified atom stereocenters. The lowest BCUT2D eigenvalue weighted by molar-refractivity contribution is -0.138. The first kappa shape index (κ1) is 15.5. The summed E-state index contributed by atoms with van der Waals surface area (Å²) < 4.78 is 38.5. The molecule has 0 aliphatic rings. The molecule has 4 nitrogen and oxygen atoms in total. The highest BCUT2D eigenvalue weighted by atomic mass is 79.9. The fourth-order valence-electron chi connectivity index (χ4n) is 1.29. The van der Waals surface area contributed by atoms with E-state index in [4.69, 9.17) is 5.11 Å². The molecular formula is C11H9BrF3NO3. The second-order valence-electron chi connectivity index (χ2n) is 3.72. The van der Waals surface area contributed by atoms with Crippen LogP contribution in [0.4, 0.5) is 13.2 Å². The molecule has 19 heavy (non-hydrogen) atoms. The van der Waals surface area contributed by atoms with Gasteiger partial charge in [-0.2, -0.15) is 13.2 Å². The van der Waals surface area contributed by atoms with Crippen molar-refractivity contribution < 1.29 is 27.9 Å². The van der Waals surface area contributed by atoms with Crippen molar-refractivity contribution in [2.45, 2.75) is 19.1 Å². The number of carbonyl (C=O) groups is 2. The van der Waals surface area contributed by atoms with Crippen LogP contribution in [0, 0.1) is 0 Å². The third kappa shape index (κ3) is 3.95. The normalized spacial score (nSPS) is 12.9. The monoisotopic (exact) mass is 339 g/mol. The molecule has 1 aromatic carbocycles. The van der Waals surface area contributed by atoms with E-state index in [2.05, 4.69) is 15.9 Å². The van der Waals surface area contributed by atoms with Gasteiger partial charge in [0.1, 0.15) is 6.04 Å². The van der Waals surface area contributed by atoms with Gasteiger partial charge >= 0.3 is 12.1 Å². The number of halogens is 4.